The molecule has 0 saturated carbocycles. The van der Waals surface area contributed by atoms with Crippen molar-refractivity contribution in [2.24, 2.45) is 7.05 Å². The molecule has 8 heteroatoms. The van der Waals surface area contributed by atoms with Crippen molar-refractivity contribution < 1.29 is 9.53 Å². The van der Waals surface area contributed by atoms with Crippen molar-refractivity contribution in [2.45, 2.75) is 6.04 Å². The zero-order valence-electron chi connectivity index (χ0n) is 12.5. The van der Waals surface area contributed by atoms with Crippen LogP contribution in [0.15, 0.2) is 35.1 Å². The van der Waals surface area contributed by atoms with Gasteiger partial charge in [0.1, 0.15) is 11.8 Å². The summed E-state index contributed by atoms with van der Waals surface area (Å²) in [6, 6.07) is 4.93. The van der Waals surface area contributed by atoms with E-state index in [0.29, 0.717) is 11.4 Å². The number of anilines is 1. The highest BCUT2D eigenvalue weighted by Crippen LogP contribution is 2.28. The average Bonchev–Trinajstić information content (AvgIpc) is 2.88. The van der Waals surface area contributed by atoms with E-state index in [9.17, 15) is 4.79 Å². The Balaban J connectivity index is 0.00000242. The Labute approximate surface area is 143 Å². The fourth-order valence-electron chi connectivity index (χ4n) is 1.99. The Hall–Kier alpha value is -1.57. The van der Waals surface area contributed by atoms with Crippen LogP contribution in [-0.4, -0.2) is 29.8 Å². The Morgan fingerprint density at radius 1 is 1.45 bits per heavy atom. The standard InChI is InChI=1S/C14H17BrN4O2.ClH/c1-16-13(9-7-17-19(2)8-9)14(20)18-10-4-5-11(15)12(6-10)21-3;/h4-8,13,16H,1-3H3,(H,18,20);1H. The van der Waals surface area contributed by atoms with Crippen molar-refractivity contribution >= 4 is 39.9 Å². The number of likely N-dealkylation sites (N-methyl/N-ethyl adjacent to an activating group) is 1. The highest BCUT2D eigenvalue weighted by molar-refractivity contribution is 9.10. The lowest BCUT2D eigenvalue weighted by molar-refractivity contribution is -0.118. The van der Waals surface area contributed by atoms with Crippen LogP contribution in [0.25, 0.3) is 0 Å². The second-order valence-corrected chi connectivity index (χ2v) is 5.36. The van der Waals surface area contributed by atoms with Crippen molar-refractivity contribution in [2.75, 3.05) is 19.5 Å². The molecule has 0 aliphatic heterocycles. The maximum absolute atomic E-state index is 12.4. The molecule has 120 valence electrons. The van der Waals surface area contributed by atoms with E-state index in [1.165, 1.54) is 0 Å². The molecule has 22 heavy (non-hydrogen) atoms. The first kappa shape index (κ1) is 18.5. The monoisotopic (exact) mass is 388 g/mol. The highest BCUT2D eigenvalue weighted by Gasteiger charge is 2.20. The SMILES string of the molecule is CNC(C(=O)Nc1ccc(Br)c(OC)c1)c1cnn(C)c1.Cl. The number of rotatable bonds is 5. The summed E-state index contributed by atoms with van der Waals surface area (Å²) in [5, 5.41) is 9.93. The zero-order valence-corrected chi connectivity index (χ0v) is 14.9. The number of benzene rings is 1. The van der Waals surface area contributed by atoms with Gasteiger partial charge < -0.3 is 15.4 Å². The average molecular weight is 390 g/mol. The van der Waals surface area contributed by atoms with Crippen LogP contribution in [0.5, 0.6) is 5.75 Å². The molecule has 2 N–H and O–H groups in total. The van der Waals surface area contributed by atoms with E-state index in [0.717, 1.165) is 10.0 Å². The molecule has 1 aromatic carbocycles. The quantitative estimate of drug-likeness (QED) is 0.824. The van der Waals surface area contributed by atoms with Gasteiger partial charge in [0.2, 0.25) is 5.91 Å². The van der Waals surface area contributed by atoms with Crippen LogP contribution in [0.3, 0.4) is 0 Å². The summed E-state index contributed by atoms with van der Waals surface area (Å²) < 4.78 is 7.71. The molecule has 0 bridgehead atoms. The normalized spacial score (nSPS) is 11.5. The molecule has 1 aromatic heterocycles. The molecule has 0 saturated heterocycles. The van der Waals surface area contributed by atoms with Gasteiger partial charge in [0.25, 0.3) is 0 Å². The van der Waals surface area contributed by atoms with Crippen LogP contribution in [0.1, 0.15) is 11.6 Å². The number of ether oxygens (including phenoxy) is 1. The molecular formula is C14H18BrClN4O2. The molecule has 0 aliphatic rings. The first-order valence-electron chi connectivity index (χ1n) is 6.35. The second kappa shape index (κ2) is 8.17. The molecule has 2 aromatic rings. The van der Waals surface area contributed by atoms with E-state index >= 15 is 0 Å². The number of aromatic nitrogens is 2. The molecule has 1 unspecified atom stereocenters. The van der Waals surface area contributed by atoms with Crippen LogP contribution in [0.2, 0.25) is 0 Å². The van der Waals surface area contributed by atoms with Crippen molar-refractivity contribution in [3.8, 4) is 5.75 Å². The van der Waals surface area contributed by atoms with Gasteiger partial charge in [-0.25, -0.2) is 0 Å². The van der Waals surface area contributed by atoms with Crippen LogP contribution in [0.4, 0.5) is 5.69 Å². The minimum Gasteiger partial charge on any atom is -0.495 e. The Kier molecular flexibility index (Phi) is 6.86. The molecule has 0 spiro atoms. The molecule has 0 aliphatic carbocycles. The van der Waals surface area contributed by atoms with E-state index < -0.39 is 6.04 Å². The number of nitrogens with zero attached hydrogens (tertiary/aromatic N) is 2. The number of methoxy groups -OCH3 is 1. The largest absolute Gasteiger partial charge is 0.495 e. The van der Waals surface area contributed by atoms with Crippen LogP contribution in [0, 0.1) is 0 Å². The molecular weight excluding hydrogens is 372 g/mol. The van der Waals surface area contributed by atoms with E-state index in [1.807, 2.05) is 19.3 Å². The minimum absolute atomic E-state index is 0. The predicted octanol–water partition coefficient (Wildman–Crippen LogP) is 2.51. The summed E-state index contributed by atoms with van der Waals surface area (Å²) in [5.41, 5.74) is 1.48. The van der Waals surface area contributed by atoms with Crippen LogP contribution in [-0.2, 0) is 11.8 Å². The Bertz CT molecular complexity index is 648. The third-order valence-electron chi connectivity index (χ3n) is 3.03. The van der Waals surface area contributed by atoms with Crippen LogP contribution >= 0.6 is 28.3 Å². The number of hydrogen-bond donors (Lipinski definition) is 2. The third-order valence-corrected chi connectivity index (χ3v) is 3.68. The van der Waals surface area contributed by atoms with Gasteiger partial charge in [-0.2, -0.15) is 5.10 Å². The maximum Gasteiger partial charge on any atom is 0.246 e. The fraction of sp³-hybridized carbons (Fsp3) is 0.286. The third kappa shape index (κ3) is 4.22. The van der Waals surface area contributed by atoms with Gasteiger partial charge in [0.15, 0.2) is 0 Å². The van der Waals surface area contributed by atoms with Crippen molar-refractivity contribution in [3.05, 3.63) is 40.6 Å². The first-order chi connectivity index (χ1) is 10.0. The summed E-state index contributed by atoms with van der Waals surface area (Å²) in [6.07, 6.45) is 3.48. The Morgan fingerprint density at radius 3 is 2.73 bits per heavy atom. The van der Waals surface area contributed by atoms with Gasteiger partial charge in [0, 0.05) is 30.6 Å². The van der Waals surface area contributed by atoms with Gasteiger partial charge in [-0.1, -0.05) is 0 Å². The predicted molar refractivity (Wildman–Crippen MR) is 91.6 cm³/mol. The summed E-state index contributed by atoms with van der Waals surface area (Å²) >= 11 is 3.38. The molecule has 1 atom stereocenters. The summed E-state index contributed by atoms with van der Waals surface area (Å²) in [7, 11) is 5.13. The molecule has 1 amide bonds. The van der Waals surface area contributed by atoms with E-state index in [-0.39, 0.29) is 18.3 Å². The smallest absolute Gasteiger partial charge is 0.246 e. The lowest BCUT2D eigenvalue weighted by Crippen LogP contribution is -2.30. The van der Waals surface area contributed by atoms with Gasteiger partial charge in [-0.3, -0.25) is 9.48 Å². The van der Waals surface area contributed by atoms with Crippen molar-refractivity contribution in [1.29, 1.82) is 0 Å². The maximum atomic E-state index is 12.4. The number of amides is 1. The fourth-order valence-corrected chi connectivity index (χ4v) is 2.40. The number of carbonyl (C=O) groups is 1. The zero-order chi connectivity index (χ0) is 15.4. The Morgan fingerprint density at radius 2 is 2.18 bits per heavy atom. The molecule has 0 radical (unpaired) electrons. The molecule has 1 heterocycles. The highest BCUT2D eigenvalue weighted by atomic mass is 79.9. The van der Waals surface area contributed by atoms with Crippen LogP contribution < -0.4 is 15.4 Å². The summed E-state index contributed by atoms with van der Waals surface area (Å²) in [5.74, 6) is 0.505. The summed E-state index contributed by atoms with van der Waals surface area (Å²) in [4.78, 5) is 12.4. The number of halogens is 2. The van der Waals surface area contributed by atoms with E-state index in [2.05, 4.69) is 31.7 Å². The van der Waals surface area contributed by atoms with Gasteiger partial charge in [-0.15, -0.1) is 12.4 Å². The van der Waals surface area contributed by atoms with E-state index in [1.54, 1.807) is 37.2 Å². The lowest BCUT2D eigenvalue weighted by Gasteiger charge is -2.15. The first-order valence-corrected chi connectivity index (χ1v) is 7.14. The topological polar surface area (TPSA) is 68.2 Å². The molecule has 0 fully saturated rings. The van der Waals surface area contributed by atoms with Gasteiger partial charge in [-0.05, 0) is 35.1 Å². The van der Waals surface area contributed by atoms with Gasteiger partial charge >= 0.3 is 0 Å². The number of nitrogens with one attached hydrogen (secondary N) is 2. The van der Waals surface area contributed by atoms with Gasteiger partial charge in [0.05, 0.1) is 17.8 Å². The molecule has 2 rings (SSSR count). The molecule has 6 nitrogen and oxygen atoms in total. The van der Waals surface area contributed by atoms with E-state index in [4.69, 9.17) is 4.74 Å². The number of aryl methyl sites for hydroxylation is 1. The van der Waals surface area contributed by atoms with Crippen molar-refractivity contribution in [1.82, 2.24) is 15.1 Å². The second-order valence-electron chi connectivity index (χ2n) is 4.51. The van der Waals surface area contributed by atoms with Crippen molar-refractivity contribution in [3.63, 3.8) is 0 Å². The minimum atomic E-state index is -0.464. The lowest BCUT2D eigenvalue weighted by atomic mass is 10.1. The number of hydrogen-bond acceptors (Lipinski definition) is 4. The number of carbonyl (C=O) groups excluding carboxylic acids is 1. The summed E-state index contributed by atoms with van der Waals surface area (Å²) in [6.45, 7) is 0.